The van der Waals surface area contributed by atoms with E-state index in [4.69, 9.17) is 17.2 Å². The zero-order chi connectivity index (χ0) is 22.6. The van der Waals surface area contributed by atoms with Gasteiger partial charge in [0.15, 0.2) is 5.75 Å². The topological polar surface area (TPSA) is 52.3 Å². The van der Waals surface area contributed by atoms with Crippen molar-refractivity contribution in [3.8, 4) is 18.1 Å². The summed E-state index contributed by atoms with van der Waals surface area (Å²) in [5, 5.41) is 0. The average Bonchev–Trinajstić information content (AvgIpc) is 3.65. The Balaban J connectivity index is 0.000000236. The first-order chi connectivity index (χ1) is 15.0. The first kappa shape index (κ1) is 24.7. The molecule has 2 aliphatic rings. The van der Waals surface area contributed by atoms with Gasteiger partial charge in [-0.3, -0.25) is 4.79 Å². The molecule has 4 rings (SSSR count). The molecule has 2 N–H and O–H groups in total. The molecular weight excluding hydrogens is 382 g/mol. The van der Waals surface area contributed by atoms with Gasteiger partial charge in [0.25, 0.3) is 0 Å². The molecule has 2 aromatic carbocycles. The maximum absolute atomic E-state index is 10.8. The van der Waals surface area contributed by atoms with E-state index in [-0.39, 0.29) is 0 Å². The Hall–Kier alpha value is -2.57. The van der Waals surface area contributed by atoms with Crippen LogP contribution in [0.4, 0.5) is 0 Å². The number of hydrogen-bond acceptors (Lipinski definition) is 3. The van der Waals surface area contributed by atoms with Gasteiger partial charge >= 0.3 is 0 Å². The number of benzene rings is 2. The number of fused-ring (bicyclic) bond motifs is 1. The minimum Gasteiger partial charge on any atom is -0.411 e. The van der Waals surface area contributed by atoms with E-state index in [0.29, 0.717) is 17.6 Å². The van der Waals surface area contributed by atoms with Crippen molar-refractivity contribution in [2.75, 3.05) is 0 Å². The van der Waals surface area contributed by atoms with Crippen LogP contribution >= 0.6 is 0 Å². The standard InChI is InChI=1S/C17H19NO.C7H12O.C4H6/c1-12-9-10-17(19-18)16(11-12)15-8-4-6-13-5-2-3-7-14(13)15;1-2-3-7(8)6-4-5-6;1-3-4-2/h2-3,5,7,9-11,15H,4,6,8,18H2,1H3;6H,2-5H2,1H3;1H,4H2,2H3. The summed E-state index contributed by atoms with van der Waals surface area (Å²) in [6.07, 6.45) is 13.4. The number of Topliss-reactive ketones (excluding diaryl/α,β-unsaturated/α-hetero) is 1. The molecule has 0 saturated heterocycles. The van der Waals surface area contributed by atoms with E-state index in [2.05, 4.69) is 50.1 Å². The van der Waals surface area contributed by atoms with Gasteiger partial charge in [-0.2, -0.15) is 5.90 Å². The van der Waals surface area contributed by atoms with Crippen LogP contribution in [0.5, 0.6) is 5.75 Å². The molecule has 1 fully saturated rings. The quantitative estimate of drug-likeness (QED) is 0.444. The highest BCUT2D eigenvalue weighted by Crippen LogP contribution is 2.40. The van der Waals surface area contributed by atoms with Crippen molar-refractivity contribution in [2.45, 2.75) is 78.1 Å². The lowest BCUT2D eigenvalue weighted by Gasteiger charge is -2.27. The third-order valence-corrected chi connectivity index (χ3v) is 5.77. The van der Waals surface area contributed by atoms with Crippen molar-refractivity contribution >= 4 is 5.78 Å². The Kier molecular flexibility index (Phi) is 10.3. The first-order valence-corrected chi connectivity index (χ1v) is 11.6. The molecular formula is C28H37NO2. The Labute approximate surface area is 188 Å². The Morgan fingerprint density at radius 3 is 2.45 bits per heavy atom. The molecule has 0 bridgehead atoms. The Morgan fingerprint density at radius 1 is 1.13 bits per heavy atom. The molecule has 1 atom stereocenters. The van der Waals surface area contributed by atoms with E-state index in [9.17, 15) is 4.79 Å². The second-order valence-corrected chi connectivity index (χ2v) is 8.35. The number of nitrogens with two attached hydrogens (primary N) is 1. The third-order valence-electron chi connectivity index (χ3n) is 5.77. The average molecular weight is 420 g/mol. The SMILES string of the molecule is C#CCC.CCCC(=O)C1CC1.Cc1ccc(ON)c(C2CCCc3ccccc32)c1. The molecule has 166 valence electrons. The van der Waals surface area contributed by atoms with Crippen molar-refractivity contribution in [1.82, 2.24) is 0 Å². The molecule has 31 heavy (non-hydrogen) atoms. The smallest absolute Gasteiger partial charge is 0.150 e. The number of aryl methyl sites for hydroxylation is 2. The van der Waals surface area contributed by atoms with Crippen LogP contribution in [0, 0.1) is 25.2 Å². The van der Waals surface area contributed by atoms with Gasteiger partial charge < -0.3 is 4.84 Å². The highest BCUT2D eigenvalue weighted by molar-refractivity contribution is 5.82. The largest absolute Gasteiger partial charge is 0.411 e. The fourth-order valence-corrected chi connectivity index (χ4v) is 3.98. The molecule has 0 aromatic heterocycles. The summed E-state index contributed by atoms with van der Waals surface area (Å²) in [6, 6.07) is 14.9. The first-order valence-electron chi connectivity index (χ1n) is 11.6. The van der Waals surface area contributed by atoms with E-state index in [1.165, 1.54) is 47.9 Å². The summed E-state index contributed by atoms with van der Waals surface area (Å²) < 4.78 is 0. The van der Waals surface area contributed by atoms with Crippen LogP contribution in [0.2, 0.25) is 0 Å². The van der Waals surface area contributed by atoms with Crippen LogP contribution in [0.15, 0.2) is 42.5 Å². The van der Waals surface area contributed by atoms with Gasteiger partial charge in [-0.1, -0.05) is 55.8 Å². The number of ketones is 1. The molecule has 3 nitrogen and oxygen atoms in total. The number of hydrogen-bond donors (Lipinski definition) is 1. The van der Waals surface area contributed by atoms with E-state index < -0.39 is 0 Å². The fraction of sp³-hybridized carbons (Fsp3) is 0.464. The van der Waals surface area contributed by atoms with Crippen molar-refractivity contribution in [2.24, 2.45) is 11.8 Å². The molecule has 0 aliphatic heterocycles. The van der Waals surface area contributed by atoms with Crippen molar-refractivity contribution in [1.29, 1.82) is 0 Å². The summed E-state index contributed by atoms with van der Waals surface area (Å²) in [7, 11) is 0. The van der Waals surface area contributed by atoms with Gasteiger partial charge in [-0.15, -0.1) is 12.3 Å². The molecule has 1 saturated carbocycles. The van der Waals surface area contributed by atoms with Gasteiger partial charge in [-0.05, 0) is 62.6 Å². The predicted molar refractivity (Wildman–Crippen MR) is 129 cm³/mol. The number of carbonyl (C=O) groups excluding carboxylic acids is 1. The lowest BCUT2D eigenvalue weighted by molar-refractivity contribution is -0.120. The summed E-state index contributed by atoms with van der Waals surface area (Å²) in [5.74, 6) is 10.0. The number of carbonyl (C=O) groups is 1. The predicted octanol–water partition coefficient (Wildman–Crippen LogP) is 6.51. The van der Waals surface area contributed by atoms with Crippen molar-refractivity contribution in [3.63, 3.8) is 0 Å². The van der Waals surface area contributed by atoms with Crippen molar-refractivity contribution in [3.05, 3.63) is 64.7 Å². The maximum Gasteiger partial charge on any atom is 0.150 e. The highest BCUT2D eigenvalue weighted by Gasteiger charge is 2.28. The Bertz CT molecular complexity index is 877. The second kappa shape index (κ2) is 13.0. The molecule has 0 spiro atoms. The molecule has 1 unspecified atom stereocenters. The molecule has 2 aliphatic carbocycles. The summed E-state index contributed by atoms with van der Waals surface area (Å²) in [6.45, 7) is 6.11. The fourth-order valence-electron chi connectivity index (χ4n) is 3.98. The lowest BCUT2D eigenvalue weighted by Crippen LogP contribution is -2.14. The summed E-state index contributed by atoms with van der Waals surface area (Å²) in [4.78, 5) is 15.9. The van der Waals surface area contributed by atoms with Crippen LogP contribution in [-0.4, -0.2) is 5.78 Å². The molecule has 2 aromatic rings. The van der Waals surface area contributed by atoms with E-state index in [1.807, 2.05) is 19.1 Å². The van der Waals surface area contributed by atoms with Crippen LogP contribution in [0.25, 0.3) is 0 Å². The summed E-state index contributed by atoms with van der Waals surface area (Å²) in [5.41, 5.74) is 5.36. The third kappa shape index (κ3) is 7.56. The zero-order valence-corrected chi connectivity index (χ0v) is 19.3. The van der Waals surface area contributed by atoms with Gasteiger partial charge in [0.05, 0.1) is 0 Å². The molecule has 0 radical (unpaired) electrons. The van der Waals surface area contributed by atoms with E-state index >= 15 is 0 Å². The lowest BCUT2D eigenvalue weighted by atomic mass is 9.78. The van der Waals surface area contributed by atoms with Crippen LogP contribution in [-0.2, 0) is 11.2 Å². The monoisotopic (exact) mass is 419 g/mol. The molecule has 0 heterocycles. The normalized spacial score (nSPS) is 16.4. The van der Waals surface area contributed by atoms with E-state index in [0.717, 1.165) is 31.4 Å². The molecule has 0 amide bonds. The Morgan fingerprint density at radius 2 is 1.84 bits per heavy atom. The summed E-state index contributed by atoms with van der Waals surface area (Å²) >= 11 is 0. The zero-order valence-electron chi connectivity index (χ0n) is 19.3. The molecule has 3 heteroatoms. The van der Waals surface area contributed by atoms with Crippen LogP contribution < -0.4 is 10.7 Å². The van der Waals surface area contributed by atoms with Gasteiger partial charge in [0.1, 0.15) is 5.78 Å². The van der Waals surface area contributed by atoms with Gasteiger partial charge in [-0.25, -0.2) is 0 Å². The minimum absolute atomic E-state index is 0.406. The van der Waals surface area contributed by atoms with Crippen molar-refractivity contribution < 1.29 is 9.63 Å². The number of terminal acetylenes is 1. The van der Waals surface area contributed by atoms with Crippen LogP contribution in [0.1, 0.15) is 87.0 Å². The van der Waals surface area contributed by atoms with Gasteiger partial charge in [0.2, 0.25) is 0 Å². The van der Waals surface area contributed by atoms with E-state index in [1.54, 1.807) is 0 Å². The maximum atomic E-state index is 10.8. The second-order valence-electron chi connectivity index (χ2n) is 8.35. The highest BCUT2D eigenvalue weighted by atomic mass is 16.6. The minimum atomic E-state index is 0.406. The number of rotatable bonds is 5. The van der Waals surface area contributed by atoms with Gasteiger partial charge in [0, 0.05) is 30.2 Å². The van der Waals surface area contributed by atoms with Crippen LogP contribution in [0.3, 0.4) is 0 Å².